The molecule has 6 rings (SSSR count). The fraction of sp³-hybridized carbons (Fsp3) is 0.773. The van der Waals surface area contributed by atoms with Crippen LogP contribution in [0.25, 0.3) is 11.2 Å². The van der Waals surface area contributed by atoms with Gasteiger partial charge in [0.15, 0.2) is 11.2 Å². The molecule has 0 unspecified atom stereocenters. The number of aryl methyl sites for hydroxylation is 2. The van der Waals surface area contributed by atoms with Gasteiger partial charge in [0.1, 0.15) is 5.82 Å². The average molecular weight is 385 g/mol. The maximum atomic E-state index is 13.2. The van der Waals surface area contributed by atoms with Crippen molar-refractivity contribution >= 4 is 11.2 Å². The van der Waals surface area contributed by atoms with Crippen LogP contribution in [0.2, 0.25) is 0 Å². The summed E-state index contributed by atoms with van der Waals surface area (Å²) in [5, 5.41) is 0. The van der Waals surface area contributed by atoms with Crippen molar-refractivity contribution < 1.29 is 0 Å². The quantitative estimate of drug-likeness (QED) is 0.795. The third-order valence-corrected chi connectivity index (χ3v) is 7.65. The van der Waals surface area contributed by atoms with E-state index in [1.165, 1.54) is 43.1 Å². The molecular weight excluding hydrogens is 352 g/mol. The van der Waals surface area contributed by atoms with Gasteiger partial charge in [-0.2, -0.15) is 0 Å². The highest BCUT2D eigenvalue weighted by molar-refractivity contribution is 5.71. The van der Waals surface area contributed by atoms with Crippen molar-refractivity contribution in [3.05, 3.63) is 26.7 Å². The number of fused-ring (bicyclic) bond motifs is 1. The van der Waals surface area contributed by atoms with Gasteiger partial charge in [0.2, 0.25) is 0 Å². The lowest BCUT2D eigenvalue weighted by Crippen LogP contribution is -2.49. The Morgan fingerprint density at radius 1 is 0.929 bits per heavy atom. The second-order valence-electron chi connectivity index (χ2n) is 9.76. The Labute approximate surface area is 165 Å². The summed E-state index contributed by atoms with van der Waals surface area (Å²) < 4.78 is 5.22. The van der Waals surface area contributed by atoms with E-state index in [-0.39, 0.29) is 16.7 Å². The monoisotopic (exact) mass is 384 g/mol. The molecule has 4 aliphatic rings. The molecule has 152 valence electrons. The standard InChI is InChI=1S/C22H32N4O2/c1-4-6-25-18-17(19(27)26(7-5-2)21(25)28)24(3)20(23-18)22-11-14-8-15(12-22)10-16(9-14)13-22/h14-16H,4-13H2,1-3H3. The molecule has 0 radical (unpaired) electrons. The van der Waals surface area contributed by atoms with Crippen LogP contribution >= 0.6 is 0 Å². The second-order valence-corrected chi connectivity index (χ2v) is 9.76. The Morgan fingerprint density at radius 3 is 2.00 bits per heavy atom. The van der Waals surface area contributed by atoms with Crippen LogP contribution in [0.15, 0.2) is 9.59 Å². The Hall–Kier alpha value is -1.85. The molecule has 4 bridgehead atoms. The Bertz CT molecular complexity index is 1010. The summed E-state index contributed by atoms with van der Waals surface area (Å²) in [5.74, 6) is 3.53. The molecule has 0 aromatic carbocycles. The van der Waals surface area contributed by atoms with Crippen molar-refractivity contribution in [2.45, 2.75) is 83.7 Å². The van der Waals surface area contributed by atoms with Crippen molar-refractivity contribution in [3.8, 4) is 0 Å². The van der Waals surface area contributed by atoms with E-state index >= 15 is 0 Å². The third-order valence-electron chi connectivity index (χ3n) is 7.65. The molecule has 6 nitrogen and oxygen atoms in total. The van der Waals surface area contributed by atoms with E-state index < -0.39 is 0 Å². The highest BCUT2D eigenvalue weighted by atomic mass is 16.2. The van der Waals surface area contributed by atoms with Crippen molar-refractivity contribution in [2.75, 3.05) is 0 Å². The van der Waals surface area contributed by atoms with Crippen molar-refractivity contribution in [3.63, 3.8) is 0 Å². The zero-order chi connectivity index (χ0) is 19.6. The summed E-state index contributed by atoms with van der Waals surface area (Å²) in [7, 11) is 2.00. The molecule has 0 spiro atoms. The molecule has 2 heterocycles. The van der Waals surface area contributed by atoms with Gasteiger partial charge < -0.3 is 4.57 Å². The van der Waals surface area contributed by atoms with Crippen molar-refractivity contribution in [1.82, 2.24) is 18.7 Å². The van der Waals surface area contributed by atoms with E-state index in [1.807, 2.05) is 14.0 Å². The van der Waals surface area contributed by atoms with Crippen LogP contribution in [0, 0.1) is 17.8 Å². The summed E-state index contributed by atoms with van der Waals surface area (Å²) in [6.07, 6.45) is 9.38. The number of aromatic nitrogens is 4. The summed E-state index contributed by atoms with van der Waals surface area (Å²) in [5.41, 5.74) is 0.971. The van der Waals surface area contributed by atoms with Crippen LogP contribution in [0.4, 0.5) is 0 Å². The lowest BCUT2D eigenvalue weighted by atomic mass is 9.49. The fourth-order valence-corrected chi connectivity index (χ4v) is 7.07. The summed E-state index contributed by atoms with van der Waals surface area (Å²) in [6.45, 7) is 5.15. The van der Waals surface area contributed by atoms with Crippen molar-refractivity contribution in [2.24, 2.45) is 24.8 Å². The molecule has 0 saturated heterocycles. The van der Waals surface area contributed by atoms with Gasteiger partial charge in [-0.1, -0.05) is 13.8 Å². The molecule has 6 heteroatoms. The normalized spacial score (nSPS) is 31.2. The number of nitrogens with zero attached hydrogens (tertiary/aromatic N) is 4. The van der Waals surface area contributed by atoms with Gasteiger partial charge in [0.25, 0.3) is 5.56 Å². The molecule has 4 fully saturated rings. The lowest BCUT2D eigenvalue weighted by Gasteiger charge is -2.56. The highest BCUT2D eigenvalue weighted by Crippen LogP contribution is 2.60. The van der Waals surface area contributed by atoms with Crippen LogP contribution < -0.4 is 11.2 Å². The van der Waals surface area contributed by atoms with Crippen LogP contribution in [-0.2, 0) is 25.6 Å². The van der Waals surface area contributed by atoms with E-state index in [0.717, 1.165) is 36.4 Å². The van der Waals surface area contributed by atoms with Gasteiger partial charge in [0.05, 0.1) is 0 Å². The molecule has 0 N–H and O–H groups in total. The smallest absolute Gasteiger partial charge is 0.325 e. The van der Waals surface area contributed by atoms with Crippen molar-refractivity contribution in [1.29, 1.82) is 0 Å². The van der Waals surface area contributed by atoms with E-state index in [4.69, 9.17) is 4.98 Å². The Balaban J connectivity index is 1.75. The minimum Gasteiger partial charge on any atom is -0.325 e. The summed E-state index contributed by atoms with van der Waals surface area (Å²) in [4.78, 5) is 31.3. The van der Waals surface area contributed by atoms with E-state index in [1.54, 1.807) is 4.57 Å². The lowest BCUT2D eigenvalue weighted by molar-refractivity contribution is -0.0104. The minimum absolute atomic E-state index is 0.109. The summed E-state index contributed by atoms with van der Waals surface area (Å²) >= 11 is 0. The van der Waals surface area contributed by atoms with Crippen LogP contribution in [-0.4, -0.2) is 18.7 Å². The Morgan fingerprint density at radius 2 is 1.46 bits per heavy atom. The molecular formula is C22H32N4O2. The number of rotatable bonds is 5. The fourth-order valence-electron chi connectivity index (χ4n) is 7.07. The number of hydrogen-bond donors (Lipinski definition) is 0. The maximum absolute atomic E-state index is 13.2. The van der Waals surface area contributed by atoms with Gasteiger partial charge in [0, 0.05) is 25.6 Å². The van der Waals surface area contributed by atoms with Crippen LogP contribution in [0.3, 0.4) is 0 Å². The minimum atomic E-state index is -0.198. The molecule has 0 amide bonds. The second kappa shape index (κ2) is 6.33. The van der Waals surface area contributed by atoms with E-state index in [9.17, 15) is 9.59 Å². The molecule has 4 aliphatic carbocycles. The van der Waals surface area contributed by atoms with E-state index in [2.05, 4.69) is 11.5 Å². The molecule has 0 atom stereocenters. The first-order valence-corrected chi connectivity index (χ1v) is 11.2. The first-order chi connectivity index (χ1) is 13.5. The molecule has 28 heavy (non-hydrogen) atoms. The topological polar surface area (TPSA) is 61.8 Å². The third kappa shape index (κ3) is 2.42. The van der Waals surface area contributed by atoms with Gasteiger partial charge in [-0.3, -0.25) is 13.9 Å². The molecule has 4 saturated carbocycles. The maximum Gasteiger partial charge on any atom is 0.332 e. The predicted molar refractivity (Wildman–Crippen MR) is 110 cm³/mol. The Kier molecular flexibility index (Phi) is 4.11. The molecule has 0 aliphatic heterocycles. The zero-order valence-electron chi connectivity index (χ0n) is 17.4. The largest absolute Gasteiger partial charge is 0.332 e. The van der Waals surface area contributed by atoms with Gasteiger partial charge in [-0.05, 0) is 69.1 Å². The predicted octanol–water partition coefficient (Wildman–Crippen LogP) is 3.18. The SMILES string of the molecule is CCCn1c(=O)c2c(nc(C34CC5CC(CC(C5)C3)C4)n2C)n(CCC)c1=O. The number of imidazole rings is 1. The molecule has 2 aromatic heterocycles. The first kappa shape index (κ1) is 18.2. The zero-order valence-corrected chi connectivity index (χ0v) is 17.4. The van der Waals surface area contributed by atoms with Gasteiger partial charge in [-0.25, -0.2) is 9.78 Å². The van der Waals surface area contributed by atoms with Crippen LogP contribution in [0.5, 0.6) is 0 Å². The average Bonchev–Trinajstić information content (AvgIpc) is 2.99. The first-order valence-electron chi connectivity index (χ1n) is 11.2. The van der Waals surface area contributed by atoms with Crippen LogP contribution in [0.1, 0.15) is 71.0 Å². The highest BCUT2D eigenvalue weighted by Gasteiger charge is 2.53. The van der Waals surface area contributed by atoms with Gasteiger partial charge in [-0.15, -0.1) is 0 Å². The summed E-state index contributed by atoms with van der Waals surface area (Å²) in [6, 6.07) is 0. The van der Waals surface area contributed by atoms with E-state index in [0.29, 0.717) is 24.3 Å². The molecule has 2 aromatic rings. The number of hydrogen-bond acceptors (Lipinski definition) is 3. The van der Waals surface area contributed by atoms with Gasteiger partial charge >= 0.3 is 5.69 Å².